The highest BCUT2D eigenvalue weighted by molar-refractivity contribution is 5.66. The van der Waals surface area contributed by atoms with Crippen LogP contribution in [0.2, 0.25) is 0 Å². The van der Waals surface area contributed by atoms with E-state index in [1.807, 2.05) is 12.1 Å². The van der Waals surface area contributed by atoms with Gasteiger partial charge in [-0.05, 0) is 18.6 Å². The Bertz CT molecular complexity index is 301. The smallest absolute Gasteiger partial charge is 0.303 e. The maximum Gasteiger partial charge on any atom is 0.303 e. The fourth-order valence-electron chi connectivity index (χ4n) is 1.23. The van der Waals surface area contributed by atoms with Crippen molar-refractivity contribution in [3.05, 3.63) is 23.7 Å². The molecule has 0 saturated carbocycles. The van der Waals surface area contributed by atoms with Crippen LogP contribution >= 0.6 is 0 Å². The Labute approximate surface area is 83.7 Å². The summed E-state index contributed by atoms with van der Waals surface area (Å²) < 4.78 is 5.52. The molecule has 1 heterocycles. The van der Waals surface area contributed by atoms with E-state index >= 15 is 0 Å². The van der Waals surface area contributed by atoms with E-state index in [1.165, 1.54) is 0 Å². The molecule has 1 unspecified atom stereocenters. The summed E-state index contributed by atoms with van der Waals surface area (Å²) in [6.07, 6.45) is 1.64. The molecule has 1 rings (SSSR count). The predicted molar refractivity (Wildman–Crippen MR) is 53.4 cm³/mol. The van der Waals surface area contributed by atoms with Crippen LogP contribution in [-0.2, 0) is 11.2 Å². The first-order valence-electron chi connectivity index (χ1n) is 4.94. The zero-order valence-electron chi connectivity index (χ0n) is 8.62. The first-order chi connectivity index (χ1) is 6.63. The molecule has 0 spiro atoms. The molecule has 0 aromatic carbocycles. The highest BCUT2D eigenvalue weighted by Crippen LogP contribution is 2.21. The van der Waals surface area contributed by atoms with Gasteiger partial charge in [0.15, 0.2) is 0 Å². The molecule has 0 aliphatic heterocycles. The van der Waals surface area contributed by atoms with Gasteiger partial charge >= 0.3 is 5.97 Å². The van der Waals surface area contributed by atoms with Crippen molar-refractivity contribution in [2.24, 2.45) is 0 Å². The molecule has 0 aliphatic rings. The van der Waals surface area contributed by atoms with Crippen LogP contribution in [0.4, 0.5) is 0 Å². The van der Waals surface area contributed by atoms with Gasteiger partial charge in [-0.25, -0.2) is 0 Å². The third-order valence-electron chi connectivity index (χ3n) is 2.37. The number of hydrogen-bond donors (Lipinski definition) is 1. The number of rotatable bonds is 5. The monoisotopic (exact) mass is 196 g/mol. The molecular weight excluding hydrogens is 180 g/mol. The Morgan fingerprint density at radius 3 is 2.86 bits per heavy atom. The van der Waals surface area contributed by atoms with Gasteiger partial charge in [-0.1, -0.05) is 13.8 Å². The number of carboxylic acids is 1. The van der Waals surface area contributed by atoms with E-state index in [9.17, 15) is 4.79 Å². The molecule has 1 aromatic rings. The van der Waals surface area contributed by atoms with Crippen LogP contribution in [0.5, 0.6) is 0 Å². The average Bonchev–Trinajstić information content (AvgIpc) is 2.62. The van der Waals surface area contributed by atoms with Gasteiger partial charge in [-0.3, -0.25) is 4.79 Å². The Morgan fingerprint density at radius 1 is 1.57 bits per heavy atom. The van der Waals surface area contributed by atoms with Crippen LogP contribution in [0.15, 0.2) is 16.5 Å². The van der Waals surface area contributed by atoms with E-state index in [2.05, 4.69) is 13.8 Å². The molecule has 0 fully saturated rings. The number of aryl methyl sites for hydroxylation is 1. The Balaban J connectivity index is 2.54. The SMILES string of the molecule is CCC(C)c1ccc(CCC(=O)O)o1. The van der Waals surface area contributed by atoms with Gasteiger partial charge in [-0.2, -0.15) is 0 Å². The summed E-state index contributed by atoms with van der Waals surface area (Å²) in [5, 5.41) is 8.50. The minimum atomic E-state index is -0.786. The summed E-state index contributed by atoms with van der Waals surface area (Å²) >= 11 is 0. The zero-order chi connectivity index (χ0) is 10.6. The van der Waals surface area contributed by atoms with E-state index in [0.717, 1.165) is 17.9 Å². The second-order valence-electron chi connectivity index (χ2n) is 3.51. The third kappa shape index (κ3) is 2.91. The second-order valence-corrected chi connectivity index (χ2v) is 3.51. The third-order valence-corrected chi connectivity index (χ3v) is 2.37. The maximum absolute atomic E-state index is 10.3. The van der Waals surface area contributed by atoms with Gasteiger partial charge in [0.2, 0.25) is 0 Å². The lowest BCUT2D eigenvalue weighted by Gasteiger charge is -2.02. The van der Waals surface area contributed by atoms with E-state index in [0.29, 0.717) is 12.3 Å². The van der Waals surface area contributed by atoms with Gasteiger partial charge in [0.1, 0.15) is 11.5 Å². The van der Waals surface area contributed by atoms with E-state index in [1.54, 1.807) is 0 Å². The van der Waals surface area contributed by atoms with Crippen molar-refractivity contribution in [1.82, 2.24) is 0 Å². The van der Waals surface area contributed by atoms with Crippen LogP contribution < -0.4 is 0 Å². The summed E-state index contributed by atoms with van der Waals surface area (Å²) in [6, 6.07) is 3.80. The molecule has 78 valence electrons. The van der Waals surface area contributed by atoms with Gasteiger partial charge in [-0.15, -0.1) is 0 Å². The normalized spacial score (nSPS) is 12.7. The van der Waals surface area contributed by atoms with Crippen LogP contribution in [0.25, 0.3) is 0 Å². The topological polar surface area (TPSA) is 50.4 Å². The molecule has 0 amide bonds. The van der Waals surface area contributed by atoms with Gasteiger partial charge < -0.3 is 9.52 Å². The molecule has 1 aromatic heterocycles. The predicted octanol–water partition coefficient (Wildman–Crippen LogP) is 2.81. The Kier molecular flexibility index (Phi) is 3.74. The minimum Gasteiger partial charge on any atom is -0.481 e. The molecule has 0 saturated heterocycles. The maximum atomic E-state index is 10.3. The highest BCUT2D eigenvalue weighted by atomic mass is 16.4. The first kappa shape index (κ1) is 10.8. The van der Waals surface area contributed by atoms with Crippen molar-refractivity contribution in [2.45, 2.75) is 39.0 Å². The van der Waals surface area contributed by atoms with Crippen molar-refractivity contribution >= 4 is 5.97 Å². The second kappa shape index (κ2) is 4.84. The van der Waals surface area contributed by atoms with Crippen molar-refractivity contribution in [1.29, 1.82) is 0 Å². The highest BCUT2D eigenvalue weighted by Gasteiger charge is 2.09. The lowest BCUT2D eigenvalue weighted by atomic mass is 10.1. The summed E-state index contributed by atoms with van der Waals surface area (Å²) in [4.78, 5) is 10.3. The fraction of sp³-hybridized carbons (Fsp3) is 0.545. The van der Waals surface area contributed by atoms with Crippen molar-refractivity contribution < 1.29 is 14.3 Å². The standard InChI is InChI=1S/C11H16O3/c1-3-8(2)10-6-4-9(14-10)5-7-11(12)13/h4,6,8H,3,5,7H2,1-2H3,(H,12,13). The quantitative estimate of drug-likeness (QED) is 0.787. The van der Waals surface area contributed by atoms with Gasteiger partial charge in [0.05, 0.1) is 6.42 Å². The molecule has 3 nitrogen and oxygen atoms in total. The van der Waals surface area contributed by atoms with E-state index in [4.69, 9.17) is 9.52 Å². The molecule has 1 atom stereocenters. The molecule has 0 aliphatic carbocycles. The average molecular weight is 196 g/mol. The van der Waals surface area contributed by atoms with Crippen LogP contribution in [0.1, 0.15) is 44.1 Å². The number of hydrogen-bond acceptors (Lipinski definition) is 2. The van der Waals surface area contributed by atoms with Gasteiger partial charge in [0.25, 0.3) is 0 Å². The van der Waals surface area contributed by atoms with E-state index < -0.39 is 5.97 Å². The Morgan fingerprint density at radius 2 is 2.29 bits per heavy atom. The molecular formula is C11H16O3. The summed E-state index contributed by atoms with van der Waals surface area (Å²) in [5.41, 5.74) is 0. The van der Waals surface area contributed by atoms with Gasteiger partial charge in [0, 0.05) is 12.3 Å². The van der Waals surface area contributed by atoms with Crippen LogP contribution in [0, 0.1) is 0 Å². The largest absolute Gasteiger partial charge is 0.481 e. The molecule has 0 radical (unpaired) electrons. The lowest BCUT2D eigenvalue weighted by molar-refractivity contribution is -0.137. The number of furan rings is 1. The molecule has 14 heavy (non-hydrogen) atoms. The molecule has 3 heteroatoms. The summed E-state index contributed by atoms with van der Waals surface area (Å²) in [7, 11) is 0. The summed E-state index contributed by atoms with van der Waals surface area (Å²) in [6.45, 7) is 4.20. The fourth-order valence-corrected chi connectivity index (χ4v) is 1.23. The number of carbonyl (C=O) groups is 1. The van der Waals surface area contributed by atoms with Crippen LogP contribution in [0.3, 0.4) is 0 Å². The molecule has 1 N–H and O–H groups in total. The number of aliphatic carboxylic acids is 1. The van der Waals surface area contributed by atoms with Crippen LogP contribution in [-0.4, -0.2) is 11.1 Å². The lowest BCUT2D eigenvalue weighted by Crippen LogP contribution is -1.96. The first-order valence-corrected chi connectivity index (χ1v) is 4.94. The zero-order valence-corrected chi connectivity index (χ0v) is 8.62. The van der Waals surface area contributed by atoms with Crippen molar-refractivity contribution in [3.63, 3.8) is 0 Å². The van der Waals surface area contributed by atoms with Crippen molar-refractivity contribution in [3.8, 4) is 0 Å². The number of carboxylic acid groups (broad SMARTS) is 1. The Hall–Kier alpha value is -1.25. The van der Waals surface area contributed by atoms with E-state index in [-0.39, 0.29) is 6.42 Å². The molecule has 0 bridgehead atoms. The van der Waals surface area contributed by atoms with Crippen molar-refractivity contribution in [2.75, 3.05) is 0 Å². The minimum absolute atomic E-state index is 0.132. The summed E-state index contributed by atoms with van der Waals surface area (Å²) in [5.74, 6) is 1.34.